The molecule has 1 aromatic rings. The molecule has 376 valence electrons. The maximum Gasteiger partial charge on any atom is 0.366 e. The van der Waals surface area contributed by atoms with Crippen LogP contribution in [0.15, 0.2) is 24.5 Å². The number of hydrogen-bond acceptors (Lipinski definition) is 14. The molecule has 0 aromatic carbocycles. The van der Waals surface area contributed by atoms with Crippen LogP contribution in [0, 0.1) is 10.1 Å². The molecule has 0 bridgehead atoms. The first-order chi connectivity index (χ1) is 27.8. The zero-order valence-corrected chi connectivity index (χ0v) is 44.2. The van der Waals surface area contributed by atoms with Crippen LogP contribution in [-0.4, -0.2) is 154 Å². The SMILES string of the molecule is CN(C)CCCC(O)(P(C)(=O)O)P(=O)(O)O.CP(=O)(O)C(CCCCCS)P(=O)(O)O.CP(=O)(O)C(CCCS)P(=O)(O)O.CP(=O)(O)C(C[n+]1cccc([N+](=O)[O-])c1)P(=O)(O)O. The van der Waals surface area contributed by atoms with Crippen molar-refractivity contribution in [2.24, 2.45) is 0 Å². The average molecular weight is 1110 g/mol. The molecule has 26 nitrogen and oxygen atoms in total. The monoisotopic (exact) mass is 1110 g/mol. The summed E-state index contributed by atoms with van der Waals surface area (Å²) in [6.45, 7) is 3.53. The van der Waals surface area contributed by atoms with Gasteiger partial charge in [-0.1, -0.05) is 12.8 Å². The lowest BCUT2D eigenvalue weighted by atomic mass is 10.2. The summed E-state index contributed by atoms with van der Waals surface area (Å²) in [5.41, 5.74) is -0.282. The lowest BCUT2D eigenvalue weighted by Crippen LogP contribution is -2.39. The fraction of sp³-hybridized carbons (Fsp3) is 0.815. The number of unbranched alkanes of at least 4 members (excludes halogenated alkanes) is 2. The lowest BCUT2D eigenvalue weighted by molar-refractivity contribution is -0.696. The number of thiol groups is 2. The van der Waals surface area contributed by atoms with E-state index in [0.717, 1.165) is 50.3 Å². The third-order valence-electron chi connectivity index (χ3n) is 8.24. The summed E-state index contributed by atoms with van der Waals surface area (Å²) in [6, 6.07) is 2.51. The van der Waals surface area contributed by atoms with Crippen LogP contribution in [0.25, 0.3) is 0 Å². The van der Waals surface area contributed by atoms with E-state index in [9.17, 15) is 66.4 Å². The Hall–Kier alpha value is 0.530. The molecule has 0 amide bonds. The number of hydrogen-bond donors (Lipinski definition) is 15. The van der Waals surface area contributed by atoms with Crippen molar-refractivity contribution in [1.82, 2.24) is 4.90 Å². The molecule has 36 heteroatoms. The molecule has 0 aliphatic rings. The van der Waals surface area contributed by atoms with Crippen LogP contribution < -0.4 is 4.57 Å². The zero-order chi connectivity index (χ0) is 50.9. The third-order valence-corrected chi connectivity index (χ3v) is 27.0. The second kappa shape index (κ2) is 28.3. The van der Waals surface area contributed by atoms with Gasteiger partial charge >= 0.3 is 36.1 Å². The van der Waals surface area contributed by atoms with Gasteiger partial charge in [-0.05, 0) is 70.7 Å². The van der Waals surface area contributed by atoms with E-state index in [4.69, 9.17) is 44.0 Å². The summed E-state index contributed by atoms with van der Waals surface area (Å²) < 4.78 is 90.4. The Kier molecular flexibility index (Phi) is 30.4. The van der Waals surface area contributed by atoms with Crippen molar-refractivity contribution in [2.75, 3.05) is 58.8 Å². The van der Waals surface area contributed by atoms with Gasteiger partial charge in [0.05, 0.1) is 4.92 Å². The molecular formula is C27H64N3O23P8S2+. The molecule has 1 aromatic heterocycles. The summed E-state index contributed by atoms with van der Waals surface area (Å²) in [5.74, 6) is 1.15. The van der Waals surface area contributed by atoms with Gasteiger partial charge in [-0.2, -0.15) is 29.8 Å². The summed E-state index contributed by atoms with van der Waals surface area (Å²) in [7, 11) is -31.1. The van der Waals surface area contributed by atoms with Crippen molar-refractivity contribution in [3.05, 3.63) is 34.6 Å². The summed E-state index contributed by atoms with van der Waals surface area (Å²) in [5, 5.41) is 12.8. The topological polar surface area (TPSA) is 450 Å². The number of rotatable bonds is 23. The number of nitrogens with zero attached hydrogens (tertiary/aromatic N) is 3. The highest BCUT2D eigenvalue weighted by Gasteiger charge is 2.56. The maximum atomic E-state index is 11.5. The van der Waals surface area contributed by atoms with E-state index in [0.29, 0.717) is 30.9 Å². The fourth-order valence-corrected chi connectivity index (χ4v) is 18.3. The first-order valence-corrected chi connectivity index (χ1v) is 34.5. The molecule has 0 radical (unpaired) electrons. The summed E-state index contributed by atoms with van der Waals surface area (Å²) in [4.78, 5) is 120. The van der Waals surface area contributed by atoms with Gasteiger partial charge in [-0.25, -0.2) is 0 Å². The Labute approximate surface area is 376 Å². The highest BCUT2D eigenvalue weighted by molar-refractivity contribution is 7.80. The molecule has 8 unspecified atom stereocenters. The maximum absolute atomic E-state index is 11.5. The highest BCUT2D eigenvalue weighted by atomic mass is 32.1. The number of aliphatic hydroxyl groups is 1. The van der Waals surface area contributed by atoms with Gasteiger partial charge in [-0.3, -0.25) is 46.6 Å². The van der Waals surface area contributed by atoms with E-state index in [1.165, 1.54) is 18.3 Å². The minimum atomic E-state index is -5.05. The Bertz CT molecular complexity index is 1860. The van der Waals surface area contributed by atoms with Crippen LogP contribution >= 0.6 is 85.1 Å². The minimum Gasteiger partial charge on any atom is -0.369 e. The zero-order valence-electron chi connectivity index (χ0n) is 35.2. The molecule has 63 heavy (non-hydrogen) atoms. The van der Waals surface area contributed by atoms with E-state index < -0.39 is 99.0 Å². The number of nitro groups is 1. The van der Waals surface area contributed by atoms with Crippen LogP contribution in [0.4, 0.5) is 5.69 Å². The Morgan fingerprint density at radius 3 is 1.37 bits per heavy atom. The van der Waals surface area contributed by atoms with Crippen LogP contribution in [-0.2, 0) is 43.1 Å². The van der Waals surface area contributed by atoms with E-state index in [-0.39, 0.29) is 24.9 Å². The van der Waals surface area contributed by atoms with Gasteiger partial charge in [-0.15, -0.1) is 0 Å². The van der Waals surface area contributed by atoms with Crippen LogP contribution in [0.3, 0.4) is 0 Å². The van der Waals surface area contributed by atoms with Gasteiger partial charge in [0.25, 0.3) is 0 Å². The normalized spacial score (nSPS) is 18.6. The van der Waals surface area contributed by atoms with Crippen molar-refractivity contribution in [1.29, 1.82) is 0 Å². The molecular weight excluding hydrogens is 1050 g/mol. The number of pyridine rings is 1. The van der Waals surface area contributed by atoms with Gasteiger partial charge in [0, 0.05) is 38.8 Å². The molecule has 0 saturated heterocycles. The summed E-state index contributed by atoms with van der Waals surface area (Å²) in [6.07, 6.45) is 4.83. The smallest absolute Gasteiger partial charge is 0.366 e. The molecule has 0 spiro atoms. The first kappa shape index (κ1) is 67.8. The highest BCUT2D eigenvalue weighted by Crippen LogP contribution is 2.69. The van der Waals surface area contributed by atoms with E-state index in [2.05, 4.69) is 25.3 Å². The quantitative estimate of drug-likeness (QED) is 0.0187. The first-order valence-electron chi connectivity index (χ1n) is 18.0. The number of aromatic nitrogens is 1. The van der Waals surface area contributed by atoms with Gasteiger partial charge in [0.1, 0.15) is 10.8 Å². The minimum absolute atomic E-state index is 0.0258. The second-order valence-electron chi connectivity index (χ2n) is 14.6. The van der Waals surface area contributed by atoms with Crippen LogP contribution in [0.1, 0.15) is 51.4 Å². The molecule has 0 aliphatic carbocycles. The van der Waals surface area contributed by atoms with Crippen molar-refractivity contribution in [3.8, 4) is 0 Å². The van der Waals surface area contributed by atoms with Crippen molar-refractivity contribution in [2.45, 2.75) is 79.2 Å². The van der Waals surface area contributed by atoms with E-state index in [1.807, 2.05) is 0 Å². The van der Waals surface area contributed by atoms with E-state index >= 15 is 0 Å². The fourth-order valence-electron chi connectivity index (χ4n) is 4.95. The van der Waals surface area contributed by atoms with Crippen LogP contribution in [0.2, 0.25) is 0 Å². The van der Waals surface area contributed by atoms with Crippen LogP contribution in [0.5, 0.6) is 0 Å². The van der Waals surface area contributed by atoms with Crippen molar-refractivity contribution < 1.29 is 110 Å². The Balaban J connectivity index is -0.000000770. The van der Waals surface area contributed by atoms with Gasteiger partial charge in [0.2, 0.25) is 40.8 Å². The molecule has 0 fully saturated rings. The van der Waals surface area contributed by atoms with E-state index in [1.54, 1.807) is 19.0 Å². The largest absolute Gasteiger partial charge is 0.369 e. The molecule has 1 heterocycles. The third kappa shape index (κ3) is 28.6. The second-order valence-corrected chi connectivity index (χ2v) is 34.3. The Morgan fingerprint density at radius 1 is 0.667 bits per heavy atom. The molecule has 1 rings (SSSR count). The summed E-state index contributed by atoms with van der Waals surface area (Å²) >= 11 is 7.86. The molecule has 8 atom stereocenters. The van der Waals surface area contributed by atoms with Gasteiger partial charge in [0.15, 0.2) is 18.1 Å². The predicted molar refractivity (Wildman–Crippen MR) is 244 cm³/mol. The standard InChI is InChI=1S/C8H12N2O7P2.C7H19NO6P2.C7H18O5P2S.C5H14O5P2S/c1-18(13,14)8(19(15,16)17)6-9-4-2-3-7(5-9)10(11)12;1-8(2)6-4-5-7(9,15(3,10)11)16(12,13)14;1-13(8,9)7(14(10,11)12)5-3-2-4-6-15;1-11(6,7)5(3-2-4-13)12(8,9)10/h2-5,8H,6H2,1H3,(H2-,13,14,15,16,17);9H,4-6H2,1-3H3,(H,10,11)(H2,12,13,14);7,15H,2-6H2,1H3,(H,8,9)(H2,10,11,12);5,13H,2-4H2,1H3,(H,6,7)(H2,8,9,10)/p+1. The van der Waals surface area contributed by atoms with Crippen molar-refractivity contribution >= 4 is 90.8 Å². The molecule has 0 saturated carbocycles. The lowest BCUT2D eigenvalue weighted by Gasteiger charge is -2.31. The average Bonchev–Trinajstić information content (AvgIpc) is 3.03. The molecule has 13 N–H and O–H groups in total. The van der Waals surface area contributed by atoms with Gasteiger partial charge < -0.3 is 68.7 Å². The van der Waals surface area contributed by atoms with Crippen molar-refractivity contribution in [3.63, 3.8) is 0 Å². The Morgan fingerprint density at radius 2 is 1.06 bits per heavy atom. The molecule has 0 aliphatic heterocycles. The predicted octanol–water partition coefficient (Wildman–Crippen LogP) is 3.32.